The zero-order chi connectivity index (χ0) is 26.3. The molecule has 1 spiro atoms. The molecule has 10 heteroatoms. The third kappa shape index (κ3) is 4.41. The topological polar surface area (TPSA) is 84.7 Å². The summed E-state index contributed by atoms with van der Waals surface area (Å²) in [5.41, 5.74) is -1.12. The van der Waals surface area contributed by atoms with Gasteiger partial charge >= 0.3 is 0 Å². The van der Waals surface area contributed by atoms with E-state index in [1.54, 1.807) is 6.92 Å². The fraction of sp³-hybridized carbons (Fsp3) is 0.385. The molecule has 0 aliphatic carbocycles. The van der Waals surface area contributed by atoms with Crippen LogP contribution in [0.15, 0.2) is 42.5 Å². The lowest BCUT2D eigenvalue weighted by atomic mass is 9.89. The van der Waals surface area contributed by atoms with E-state index in [-0.39, 0.29) is 55.2 Å². The van der Waals surface area contributed by atoms with Gasteiger partial charge in [-0.25, -0.2) is 13.2 Å². The molecule has 2 aromatic carbocycles. The van der Waals surface area contributed by atoms with Gasteiger partial charge in [0.15, 0.2) is 0 Å². The third-order valence-corrected chi connectivity index (χ3v) is 6.83. The molecular formula is C26H25F3N4O3. The van der Waals surface area contributed by atoms with Crippen LogP contribution in [-0.4, -0.2) is 52.7 Å². The van der Waals surface area contributed by atoms with Crippen LogP contribution < -0.4 is 4.90 Å². The van der Waals surface area contributed by atoms with E-state index in [2.05, 4.69) is 0 Å². The summed E-state index contributed by atoms with van der Waals surface area (Å²) in [5, 5.41) is 9.03. The van der Waals surface area contributed by atoms with Crippen molar-refractivity contribution in [1.82, 2.24) is 9.80 Å². The number of halogens is 3. The van der Waals surface area contributed by atoms with Crippen LogP contribution in [0.2, 0.25) is 0 Å². The van der Waals surface area contributed by atoms with Crippen molar-refractivity contribution in [2.45, 2.75) is 44.7 Å². The number of piperazine rings is 1. The van der Waals surface area contributed by atoms with Crippen LogP contribution in [0.5, 0.6) is 0 Å². The number of hydrogen-bond acceptors (Lipinski definition) is 4. The number of anilines is 1. The molecule has 36 heavy (non-hydrogen) atoms. The molecule has 1 atom stereocenters. The number of rotatable bonds is 5. The summed E-state index contributed by atoms with van der Waals surface area (Å²) in [6.45, 7) is 2.21. The fourth-order valence-corrected chi connectivity index (χ4v) is 4.84. The number of likely N-dealkylation sites (tertiary alicyclic amines) is 1. The van der Waals surface area contributed by atoms with Crippen molar-refractivity contribution >= 4 is 23.4 Å². The van der Waals surface area contributed by atoms with E-state index in [9.17, 15) is 27.6 Å². The van der Waals surface area contributed by atoms with Crippen molar-refractivity contribution < 1.29 is 27.6 Å². The Morgan fingerprint density at radius 3 is 2.44 bits per heavy atom. The van der Waals surface area contributed by atoms with Gasteiger partial charge in [0.2, 0.25) is 11.8 Å². The molecule has 3 amide bonds. The zero-order valence-corrected chi connectivity index (χ0v) is 19.9. The summed E-state index contributed by atoms with van der Waals surface area (Å²) in [4.78, 5) is 43.7. The maximum atomic E-state index is 14.8. The van der Waals surface area contributed by atoms with Gasteiger partial charge in [-0.05, 0) is 30.2 Å². The number of amides is 3. The lowest BCUT2D eigenvalue weighted by molar-refractivity contribution is -0.151. The van der Waals surface area contributed by atoms with Crippen molar-refractivity contribution in [3.05, 3.63) is 65.0 Å². The minimum Gasteiger partial charge on any atom is -0.340 e. The number of carbonyl (C=O) groups is 3. The van der Waals surface area contributed by atoms with Crippen molar-refractivity contribution in [2.75, 3.05) is 24.5 Å². The lowest BCUT2D eigenvalue weighted by Crippen LogP contribution is -2.69. The maximum Gasteiger partial charge on any atom is 0.270 e. The van der Waals surface area contributed by atoms with Gasteiger partial charge in [0.05, 0.1) is 23.9 Å². The molecule has 0 N–H and O–H groups in total. The number of nitriles is 1. The van der Waals surface area contributed by atoms with E-state index in [4.69, 9.17) is 5.26 Å². The molecule has 0 unspecified atom stereocenters. The second-order valence-electron chi connectivity index (χ2n) is 9.18. The summed E-state index contributed by atoms with van der Waals surface area (Å²) in [6.07, 6.45) is 0.377. The first-order valence-electron chi connectivity index (χ1n) is 11.6. The Kier molecular flexibility index (Phi) is 6.52. The molecule has 188 valence electrons. The largest absolute Gasteiger partial charge is 0.340 e. The number of alkyl halides is 2. The zero-order valence-electron chi connectivity index (χ0n) is 19.9. The summed E-state index contributed by atoms with van der Waals surface area (Å²) in [6, 6.07) is 11.0. The Morgan fingerprint density at radius 2 is 1.86 bits per heavy atom. The number of nitrogens with zero attached hydrogens (tertiary/aromatic N) is 4. The van der Waals surface area contributed by atoms with Crippen molar-refractivity contribution in [3.63, 3.8) is 0 Å². The molecule has 4 rings (SSSR count). The van der Waals surface area contributed by atoms with Crippen LogP contribution in [0.4, 0.5) is 18.9 Å². The van der Waals surface area contributed by atoms with E-state index in [0.29, 0.717) is 5.56 Å². The molecule has 7 nitrogen and oxygen atoms in total. The Labute approximate surface area is 206 Å². The van der Waals surface area contributed by atoms with Crippen LogP contribution in [0, 0.1) is 17.1 Å². The van der Waals surface area contributed by atoms with E-state index in [0.717, 1.165) is 17.9 Å². The van der Waals surface area contributed by atoms with Crippen LogP contribution in [0.3, 0.4) is 0 Å². The molecule has 2 aliphatic heterocycles. The first-order valence-corrected chi connectivity index (χ1v) is 11.6. The third-order valence-electron chi connectivity index (χ3n) is 6.83. The summed E-state index contributed by atoms with van der Waals surface area (Å²) in [7, 11) is 0. The molecule has 0 aromatic heterocycles. The standard InChI is InChI=1S/C26H25F3N4O3/c1-3-22(34)31-11-10-26(16-31)24(36)32(21-9-6-18(13-30)12-20(21)27)15-23(35)33(26)14-17-4-7-19(8-5-17)25(2,28)29/h4-9,12H,3,10-11,14-16H2,1-2H3/t26-/m0/s1. The molecule has 0 saturated carbocycles. The predicted molar refractivity (Wildman–Crippen MR) is 124 cm³/mol. The summed E-state index contributed by atoms with van der Waals surface area (Å²) < 4.78 is 42.1. The molecule has 2 aliphatic rings. The van der Waals surface area contributed by atoms with Crippen LogP contribution in [0.1, 0.15) is 43.4 Å². The van der Waals surface area contributed by atoms with Crippen molar-refractivity contribution in [2.24, 2.45) is 0 Å². The van der Waals surface area contributed by atoms with Crippen LogP contribution in [-0.2, 0) is 26.9 Å². The molecule has 0 radical (unpaired) electrons. The predicted octanol–water partition coefficient (Wildman–Crippen LogP) is 3.57. The Morgan fingerprint density at radius 1 is 1.17 bits per heavy atom. The Balaban J connectivity index is 1.71. The highest BCUT2D eigenvalue weighted by atomic mass is 19.3. The Hall–Kier alpha value is -3.87. The lowest BCUT2D eigenvalue weighted by Gasteiger charge is -2.47. The first kappa shape index (κ1) is 25.2. The average Bonchev–Trinajstić information content (AvgIpc) is 3.30. The minimum atomic E-state index is -3.02. The van der Waals surface area contributed by atoms with Crippen LogP contribution >= 0.6 is 0 Å². The normalized spacial score (nSPS) is 20.3. The van der Waals surface area contributed by atoms with Gasteiger partial charge in [-0.2, -0.15) is 5.26 Å². The fourth-order valence-electron chi connectivity index (χ4n) is 4.84. The highest BCUT2D eigenvalue weighted by molar-refractivity contribution is 6.10. The molecule has 2 saturated heterocycles. The van der Waals surface area contributed by atoms with Gasteiger partial charge in [-0.3, -0.25) is 19.3 Å². The van der Waals surface area contributed by atoms with E-state index >= 15 is 0 Å². The van der Waals surface area contributed by atoms with Gasteiger partial charge in [0.25, 0.3) is 11.8 Å². The van der Waals surface area contributed by atoms with E-state index in [1.165, 1.54) is 46.2 Å². The monoisotopic (exact) mass is 498 g/mol. The number of carbonyl (C=O) groups excluding carboxylic acids is 3. The van der Waals surface area contributed by atoms with Gasteiger partial charge in [0.1, 0.15) is 17.9 Å². The van der Waals surface area contributed by atoms with E-state index in [1.807, 2.05) is 6.07 Å². The highest BCUT2D eigenvalue weighted by Crippen LogP contribution is 2.38. The second kappa shape index (κ2) is 9.30. The highest BCUT2D eigenvalue weighted by Gasteiger charge is 2.57. The van der Waals surface area contributed by atoms with Crippen molar-refractivity contribution in [3.8, 4) is 6.07 Å². The average molecular weight is 499 g/mol. The molecule has 2 heterocycles. The van der Waals surface area contributed by atoms with Gasteiger partial charge in [0, 0.05) is 32.0 Å². The van der Waals surface area contributed by atoms with Crippen molar-refractivity contribution in [1.29, 1.82) is 5.26 Å². The molecule has 2 aromatic rings. The second-order valence-corrected chi connectivity index (χ2v) is 9.18. The van der Waals surface area contributed by atoms with Gasteiger partial charge < -0.3 is 9.80 Å². The molecule has 2 fully saturated rings. The smallest absolute Gasteiger partial charge is 0.270 e. The maximum absolute atomic E-state index is 14.8. The summed E-state index contributed by atoms with van der Waals surface area (Å²) in [5.74, 6) is -5.00. The Bertz CT molecular complexity index is 1250. The van der Waals surface area contributed by atoms with E-state index < -0.39 is 35.6 Å². The molecular weight excluding hydrogens is 473 g/mol. The first-order chi connectivity index (χ1) is 17.0. The quantitative estimate of drug-likeness (QED) is 0.631. The van der Waals surface area contributed by atoms with Gasteiger partial charge in [-0.15, -0.1) is 0 Å². The van der Waals surface area contributed by atoms with Gasteiger partial charge in [-0.1, -0.05) is 31.2 Å². The SMILES string of the molecule is CCC(=O)N1CC[C@]2(C1)C(=O)N(c1ccc(C#N)cc1F)CC(=O)N2Cc1ccc(C(C)(F)F)cc1. The minimum absolute atomic E-state index is 0.0298. The number of hydrogen-bond donors (Lipinski definition) is 0. The van der Waals surface area contributed by atoms with Crippen LogP contribution in [0.25, 0.3) is 0 Å². The number of benzene rings is 2. The molecule has 0 bridgehead atoms. The summed E-state index contributed by atoms with van der Waals surface area (Å²) >= 11 is 0.